The molecule has 2 heterocycles. The minimum Gasteiger partial charge on any atom is -0.381 e. The number of hydrogen-bond acceptors (Lipinski definition) is 5. The van der Waals surface area contributed by atoms with Crippen molar-refractivity contribution in [2.75, 3.05) is 25.1 Å². The van der Waals surface area contributed by atoms with E-state index in [-0.39, 0.29) is 10.7 Å². The van der Waals surface area contributed by atoms with Crippen LogP contribution in [-0.4, -0.2) is 24.1 Å². The Morgan fingerprint density at radius 1 is 1.35 bits per heavy atom. The van der Waals surface area contributed by atoms with E-state index in [9.17, 15) is 18.4 Å². The molecule has 0 spiro atoms. The summed E-state index contributed by atoms with van der Waals surface area (Å²) in [5.74, 6) is 0. The molecule has 0 bridgehead atoms. The molecule has 0 amide bonds. The number of anilines is 1. The molecule has 138 valence electrons. The van der Waals surface area contributed by atoms with Crippen LogP contribution in [0, 0.1) is 11.3 Å². The first-order chi connectivity index (χ1) is 12.4. The van der Waals surface area contributed by atoms with Gasteiger partial charge in [-0.1, -0.05) is 29.8 Å². The van der Waals surface area contributed by atoms with Crippen LogP contribution in [0.2, 0.25) is 5.15 Å². The lowest BCUT2D eigenvalue weighted by Gasteiger charge is -2.38. The van der Waals surface area contributed by atoms with Crippen molar-refractivity contribution in [2.24, 2.45) is 0 Å². The summed E-state index contributed by atoms with van der Waals surface area (Å²) in [6.45, 7) is 1.30. The van der Waals surface area contributed by atoms with Gasteiger partial charge in [-0.15, -0.1) is 0 Å². The minimum absolute atomic E-state index is 0.125. The van der Waals surface area contributed by atoms with E-state index in [1.165, 1.54) is 12.1 Å². The summed E-state index contributed by atoms with van der Waals surface area (Å²) in [5, 5.41) is 13.0. The van der Waals surface area contributed by atoms with E-state index in [4.69, 9.17) is 16.3 Å². The fraction of sp³-hybridized carbons (Fsp3) is 0.412. The van der Waals surface area contributed by atoms with Crippen LogP contribution in [-0.2, 0) is 16.3 Å². The van der Waals surface area contributed by atoms with Crippen molar-refractivity contribution in [1.29, 1.82) is 5.26 Å². The highest BCUT2D eigenvalue weighted by Crippen LogP contribution is 2.39. The Hall–Kier alpha value is -1.82. The van der Waals surface area contributed by atoms with E-state index in [0.717, 1.165) is 17.6 Å². The number of nitrogens with zero attached hydrogens (tertiary/aromatic N) is 2. The van der Waals surface area contributed by atoms with Gasteiger partial charge in [0.05, 0.1) is 5.56 Å². The SMILES string of the molecule is N#Cc1c(Cl)nsc1NCC1(c2cccc(C(F)(F)F)c2)CCOCC1. The lowest BCUT2D eigenvalue weighted by Crippen LogP contribution is -2.40. The topological polar surface area (TPSA) is 57.9 Å². The highest BCUT2D eigenvalue weighted by Gasteiger charge is 2.37. The van der Waals surface area contributed by atoms with Crippen LogP contribution in [0.15, 0.2) is 24.3 Å². The average Bonchev–Trinajstić information content (AvgIpc) is 3.00. The van der Waals surface area contributed by atoms with E-state index >= 15 is 0 Å². The molecule has 0 unspecified atom stereocenters. The van der Waals surface area contributed by atoms with Gasteiger partial charge in [0.25, 0.3) is 0 Å². The maximum absolute atomic E-state index is 13.1. The Kier molecular flexibility index (Phi) is 5.42. The van der Waals surface area contributed by atoms with Crippen molar-refractivity contribution >= 4 is 28.1 Å². The highest BCUT2D eigenvalue weighted by atomic mass is 35.5. The number of hydrogen-bond donors (Lipinski definition) is 1. The second-order valence-corrected chi connectivity index (χ2v) is 7.25. The zero-order chi connectivity index (χ0) is 18.8. The quantitative estimate of drug-likeness (QED) is 0.795. The molecule has 1 aliphatic heterocycles. The largest absolute Gasteiger partial charge is 0.416 e. The first kappa shape index (κ1) is 19.0. The van der Waals surface area contributed by atoms with Gasteiger partial charge < -0.3 is 10.1 Å². The van der Waals surface area contributed by atoms with Gasteiger partial charge in [0.15, 0.2) is 5.15 Å². The van der Waals surface area contributed by atoms with Gasteiger partial charge in [0.2, 0.25) is 0 Å². The Morgan fingerprint density at radius 3 is 2.73 bits per heavy atom. The molecule has 1 saturated heterocycles. The standard InChI is InChI=1S/C17H15ClF3N3OS/c18-14-13(9-22)15(26-24-14)23-10-16(4-6-25-7-5-16)11-2-1-3-12(8-11)17(19,20)21/h1-3,8,23H,4-7,10H2. The Morgan fingerprint density at radius 2 is 2.08 bits per heavy atom. The minimum atomic E-state index is -4.39. The predicted molar refractivity (Wildman–Crippen MR) is 93.5 cm³/mol. The van der Waals surface area contributed by atoms with E-state index < -0.39 is 17.2 Å². The molecule has 1 N–H and O–H groups in total. The maximum Gasteiger partial charge on any atom is 0.416 e. The van der Waals surface area contributed by atoms with Gasteiger partial charge in [0, 0.05) is 25.2 Å². The summed E-state index contributed by atoms with van der Waals surface area (Å²) in [4.78, 5) is 0. The van der Waals surface area contributed by atoms with E-state index in [1.807, 2.05) is 6.07 Å². The first-order valence-corrected chi connectivity index (χ1v) is 9.05. The molecule has 0 radical (unpaired) electrons. The van der Waals surface area contributed by atoms with Crippen LogP contribution in [0.5, 0.6) is 0 Å². The first-order valence-electron chi connectivity index (χ1n) is 7.90. The zero-order valence-corrected chi connectivity index (χ0v) is 15.1. The molecule has 1 aliphatic rings. The summed E-state index contributed by atoms with van der Waals surface area (Å²) in [6.07, 6.45) is -3.24. The molecule has 1 aromatic heterocycles. The van der Waals surface area contributed by atoms with Crippen molar-refractivity contribution in [3.63, 3.8) is 0 Å². The van der Waals surface area contributed by atoms with Crippen LogP contribution in [0.25, 0.3) is 0 Å². The van der Waals surface area contributed by atoms with Crippen molar-refractivity contribution in [2.45, 2.75) is 24.4 Å². The van der Waals surface area contributed by atoms with Gasteiger partial charge in [-0.3, -0.25) is 0 Å². The molecule has 3 rings (SSSR count). The third-order valence-electron chi connectivity index (χ3n) is 4.60. The molecule has 26 heavy (non-hydrogen) atoms. The highest BCUT2D eigenvalue weighted by molar-refractivity contribution is 7.10. The van der Waals surface area contributed by atoms with Crippen molar-refractivity contribution < 1.29 is 17.9 Å². The van der Waals surface area contributed by atoms with Gasteiger partial charge in [0.1, 0.15) is 16.6 Å². The second-order valence-electron chi connectivity index (χ2n) is 6.11. The van der Waals surface area contributed by atoms with Crippen LogP contribution >= 0.6 is 23.1 Å². The molecule has 1 fully saturated rings. The van der Waals surface area contributed by atoms with Crippen LogP contribution in [0.4, 0.5) is 18.2 Å². The zero-order valence-electron chi connectivity index (χ0n) is 13.6. The molecule has 1 aromatic carbocycles. The van der Waals surface area contributed by atoms with Crippen LogP contribution in [0.1, 0.15) is 29.5 Å². The maximum atomic E-state index is 13.1. The Bertz CT molecular complexity index is 825. The molecular weight excluding hydrogens is 387 g/mol. The van der Waals surface area contributed by atoms with Crippen molar-refractivity contribution in [3.8, 4) is 6.07 Å². The third kappa shape index (κ3) is 3.80. The molecule has 9 heteroatoms. The van der Waals surface area contributed by atoms with Gasteiger partial charge >= 0.3 is 6.18 Å². The third-order valence-corrected chi connectivity index (χ3v) is 5.78. The average molecular weight is 402 g/mol. The molecule has 4 nitrogen and oxygen atoms in total. The Labute approximate surface area is 157 Å². The summed E-state index contributed by atoms with van der Waals surface area (Å²) in [5.41, 5.74) is -0.331. The number of aromatic nitrogens is 1. The lowest BCUT2D eigenvalue weighted by atomic mass is 9.73. The number of benzene rings is 1. The monoisotopic (exact) mass is 401 g/mol. The summed E-state index contributed by atoms with van der Waals surface area (Å²) in [6, 6.07) is 7.41. The number of alkyl halides is 3. The van der Waals surface area contributed by atoms with Crippen LogP contribution in [0.3, 0.4) is 0 Å². The number of nitrogens with one attached hydrogen (secondary N) is 1. The van der Waals surface area contributed by atoms with E-state index in [0.29, 0.717) is 43.2 Å². The van der Waals surface area contributed by atoms with Gasteiger partial charge in [-0.2, -0.15) is 22.8 Å². The van der Waals surface area contributed by atoms with Crippen molar-refractivity contribution in [1.82, 2.24) is 4.37 Å². The fourth-order valence-corrected chi connectivity index (χ4v) is 4.02. The van der Waals surface area contributed by atoms with E-state index in [1.54, 1.807) is 6.07 Å². The normalized spacial score (nSPS) is 16.9. The molecule has 0 saturated carbocycles. The summed E-state index contributed by atoms with van der Waals surface area (Å²) < 4.78 is 48.7. The summed E-state index contributed by atoms with van der Waals surface area (Å²) >= 11 is 6.94. The molecule has 0 atom stereocenters. The van der Waals surface area contributed by atoms with Gasteiger partial charge in [-0.05, 0) is 36.0 Å². The number of rotatable bonds is 4. The number of nitriles is 1. The van der Waals surface area contributed by atoms with E-state index in [2.05, 4.69) is 9.69 Å². The summed E-state index contributed by atoms with van der Waals surface area (Å²) in [7, 11) is 0. The van der Waals surface area contributed by atoms with Gasteiger partial charge in [-0.25, -0.2) is 0 Å². The predicted octanol–water partition coefficient (Wildman–Crippen LogP) is 4.85. The number of ether oxygens (including phenoxy) is 1. The van der Waals surface area contributed by atoms with Crippen molar-refractivity contribution in [3.05, 3.63) is 46.1 Å². The smallest absolute Gasteiger partial charge is 0.381 e. The van der Waals surface area contributed by atoms with Crippen LogP contribution < -0.4 is 5.32 Å². The molecule has 0 aliphatic carbocycles. The fourth-order valence-electron chi connectivity index (χ4n) is 3.09. The lowest BCUT2D eigenvalue weighted by molar-refractivity contribution is -0.137. The molecule has 2 aromatic rings. The molecular formula is C17H15ClF3N3OS. The second kappa shape index (κ2) is 7.43. The number of halogens is 4. The Balaban J connectivity index is 1.91.